The second-order valence-corrected chi connectivity index (χ2v) is 11.0. The number of benzene rings is 3. The van der Waals surface area contributed by atoms with Gasteiger partial charge in [-0.25, -0.2) is 4.98 Å². The number of piperidine rings is 1. The quantitative estimate of drug-likeness (QED) is 0.306. The summed E-state index contributed by atoms with van der Waals surface area (Å²) in [5, 5.41) is 12.4. The van der Waals surface area contributed by atoms with E-state index in [1.807, 2.05) is 72.8 Å². The number of rotatable bonds is 7. The van der Waals surface area contributed by atoms with E-state index in [2.05, 4.69) is 27.1 Å². The first-order chi connectivity index (χ1) is 20.1. The molecular formula is C33H36N4O4. The monoisotopic (exact) mass is 552 g/mol. The summed E-state index contributed by atoms with van der Waals surface area (Å²) in [5.74, 6) is -0.169. The maximum atomic E-state index is 12.9. The molecule has 2 fully saturated rings. The van der Waals surface area contributed by atoms with Crippen molar-refractivity contribution in [2.45, 2.75) is 51.3 Å². The van der Waals surface area contributed by atoms with Crippen LogP contribution in [-0.4, -0.2) is 51.6 Å². The Morgan fingerprint density at radius 3 is 2.37 bits per heavy atom. The molecule has 0 saturated carbocycles. The summed E-state index contributed by atoms with van der Waals surface area (Å²) in [6.07, 6.45) is 4.55. The average Bonchev–Trinajstić information content (AvgIpc) is 3.03. The molecule has 0 unspecified atom stereocenters. The molecule has 4 atom stereocenters. The molecule has 0 spiro atoms. The number of para-hydroxylation sites is 2. The van der Waals surface area contributed by atoms with Crippen LogP contribution in [0.2, 0.25) is 0 Å². The van der Waals surface area contributed by atoms with Gasteiger partial charge in [0.2, 0.25) is 0 Å². The molecule has 8 nitrogen and oxygen atoms in total. The van der Waals surface area contributed by atoms with E-state index in [0.29, 0.717) is 11.2 Å². The summed E-state index contributed by atoms with van der Waals surface area (Å²) in [4.78, 5) is 24.2. The van der Waals surface area contributed by atoms with Crippen LogP contribution in [0.15, 0.2) is 79.0 Å². The van der Waals surface area contributed by atoms with Crippen LogP contribution in [0.3, 0.4) is 0 Å². The number of nitrogens with zero attached hydrogens (tertiary/aromatic N) is 3. The van der Waals surface area contributed by atoms with Gasteiger partial charge in [0.1, 0.15) is 5.69 Å². The van der Waals surface area contributed by atoms with Gasteiger partial charge in [-0.1, -0.05) is 61.9 Å². The Morgan fingerprint density at radius 1 is 0.927 bits per heavy atom. The summed E-state index contributed by atoms with van der Waals surface area (Å²) in [6, 6.07) is 23.1. The minimum atomic E-state index is -0.542. The summed E-state index contributed by atoms with van der Waals surface area (Å²) in [6.45, 7) is 5.28. The van der Waals surface area contributed by atoms with E-state index >= 15 is 0 Å². The van der Waals surface area contributed by atoms with Crippen molar-refractivity contribution in [3.63, 3.8) is 0 Å². The fourth-order valence-electron chi connectivity index (χ4n) is 5.71. The summed E-state index contributed by atoms with van der Waals surface area (Å²) in [5.41, 5.74) is 5.18. The minimum Gasteiger partial charge on any atom is -0.392 e. The lowest BCUT2D eigenvalue weighted by Crippen LogP contribution is -2.45. The van der Waals surface area contributed by atoms with Gasteiger partial charge in [0.15, 0.2) is 6.29 Å². The highest BCUT2D eigenvalue weighted by Crippen LogP contribution is 2.42. The van der Waals surface area contributed by atoms with Crippen molar-refractivity contribution >= 4 is 22.6 Å². The van der Waals surface area contributed by atoms with Crippen LogP contribution in [0, 0.1) is 5.92 Å². The third kappa shape index (κ3) is 6.31. The molecule has 2 saturated heterocycles. The topological polar surface area (TPSA) is 96.8 Å². The highest BCUT2D eigenvalue weighted by atomic mass is 16.7. The Labute approximate surface area is 240 Å². The van der Waals surface area contributed by atoms with E-state index in [1.54, 1.807) is 0 Å². The van der Waals surface area contributed by atoms with Gasteiger partial charge in [-0.3, -0.25) is 9.78 Å². The van der Waals surface area contributed by atoms with Crippen LogP contribution in [0.1, 0.15) is 65.8 Å². The number of nitrogens with one attached hydrogen (secondary N) is 1. The van der Waals surface area contributed by atoms with Crippen molar-refractivity contribution in [3.05, 3.63) is 101 Å². The smallest absolute Gasteiger partial charge is 0.275 e. The number of fused-ring (bicyclic) bond motifs is 1. The molecule has 0 radical (unpaired) electrons. The number of anilines is 1. The van der Waals surface area contributed by atoms with Crippen molar-refractivity contribution in [2.75, 3.05) is 25.0 Å². The van der Waals surface area contributed by atoms with Crippen molar-refractivity contribution < 1.29 is 19.4 Å². The van der Waals surface area contributed by atoms with Crippen LogP contribution in [-0.2, 0) is 16.1 Å². The predicted molar refractivity (Wildman–Crippen MR) is 157 cm³/mol. The number of ether oxygens (including phenoxy) is 2. The molecule has 4 aromatic rings. The third-order valence-electron chi connectivity index (χ3n) is 8.13. The number of aromatic nitrogens is 2. The van der Waals surface area contributed by atoms with Crippen molar-refractivity contribution in [1.82, 2.24) is 14.9 Å². The number of hydrogen-bond donors (Lipinski definition) is 2. The summed E-state index contributed by atoms with van der Waals surface area (Å²) < 4.78 is 13.2. The molecule has 2 aliphatic rings. The van der Waals surface area contributed by atoms with Gasteiger partial charge in [-0.05, 0) is 61.3 Å². The Kier molecular flexibility index (Phi) is 8.34. The second-order valence-electron chi connectivity index (χ2n) is 11.0. The first-order valence-corrected chi connectivity index (χ1v) is 14.4. The van der Waals surface area contributed by atoms with Crippen LogP contribution in [0.4, 0.5) is 5.69 Å². The molecule has 1 aromatic heterocycles. The first-order valence-electron chi connectivity index (χ1n) is 14.4. The van der Waals surface area contributed by atoms with Gasteiger partial charge in [0.05, 0.1) is 36.0 Å². The fourth-order valence-corrected chi connectivity index (χ4v) is 5.71. The Hall–Kier alpha value is -3.69. The van der Waals surface area contributed by atoms with Gasteiger partial charge >= 0.3 is 0 Å². The SMILES string of the molecule is C[C@@H]1[C@H](CN2CCCCC2)O[C@H](c2ccc(NC(=O)c3cnc4ccccc4n3)cc2)O[C@@H]1c1ccc(CO)cc1. The Bertz CT molecular complexity index is 1470. The van der Waals surface area contributed by atoms with E-state index in [1.165, 1.54) is 25.5 Å². The van der Waals surface area contributed by atoms with Crippen LogP contribution in [0.25, 0.3) is 11.0 Å². The number of carbonyl (C=O) groups excluding carboxylic acids is 1. The first kappa shape index (κ1) is 27.5. The Balaban J connectivity index is 1.19. The molecule has 2 aliphatic heterocycles. The minimum absolute atomic E-state index is 0.000209. The Morgan fingerprint density at radius 2 is 1.63 bits per heavy atom. The maximum absolute atomic E-state index is 12.9. The van der Waals surface area contributed by atoms with Gasteiger partial charge in [-0.2, -0.15) is 0 Å². The zero-order valence-corrected chi connectivity index (χ0v) is 23.3. The fraction of sp³-hybridized carbons (Fsp3) is 0.364. The highest BCUT2D eigenvalue weighted by Gasteiger charge is 2.39. The van der Waals surface area contributed by atoms with Gasteiger partial charge in [-0.15, -0.1) is 0 Å². The van der Waals surface area contributed by atoms with E-state index in [-0.39, 0.29) is 36.3 Å². The lowest BCUT2D eigenvalue weighted by Gasteiger charge is -2.43. The molecule has 8 heteroatoms. The molecule has 1 amide bonds. The lowest BCUT2D eigenvalue weighted by molar-refractivity contribution is -0.276. The van der Waals surface area contributed by atoms with Crippen molar-refractivity contribution in [1.29, 1.82) is 0 Å². The number of hydrogen-bond acceptors (Lipinski definition) is 7. The van der Waals surface area contributed by atoms with Crippen LogP contribution >= 0.6 is 0 Å². The number of likely N-dealkylation sites (tertiary alicyclic amines) is 1. The van der Waals surface area contributed by atoms with E-state index in [9.17, 15) is 9.90 Å². The van der Waals surface area contributed by atoms with Gasteiger partial charge < -0.3 is 24.8 Å². The van der Waals surface area contributed by atoms with Crippen LogP contribution in [0.5, 0.6) is 0 Å². The molecule has 2 N–H and O–H groups in total. The molecule has 41 heavy (non-hydrogen) atoms. The molecule has 212 valence electrons. The number of carbonyl (C=O) groups is 1. The largest absolute Gasteiger partial charge is 0.392 e. The molecule has 3 heterocycles. The molecule has 0 aliphatic carbocycles. The van der Waals surface area contributed by atoms with Gasteiger partial charge in [0, 0.05) is 23.7 Å². The zero-order chi connectivity index (χ0) is 28.2. The standard InChI is InChI=1S/C33H36N4O4/c1-22-30(20-37-17-5-2-6-18-37)40-33(41-31(22)24-11-9-23(21-38)10-12-24)25-13-15-26(16-14-25)35-32(39)29-19-34-27-7-3-4-8-28(27)36-29/h3-4,7-16,19,22,30-31,33,38H,2,5-6,17-18,20-21H2,1H3,(H,35,39)/t22-,30+,31+,33+/m1/s1. The summed E-state index contributed by atoms with van der Waals surface area (Å²) >= 11 is 0. The van der Waals surface area contributed by atoms with E-state index in [0.717, 1.165) is 41.8 Å². The number of amides is 1. The maximum Gasteiger partial charge on any atom is 0.275 e. The highest BCUT2D eigenvalue weighted by molar-refractivity contribution is 6.03. The second kappa shape index (κ2) is 12.4. The molecule has 0 bridgehead atoms. The molecule has 6 rings (SSSR count). The van der Waals surface area contributed by atoms with Crippen molar-refractivity contribution in [3.8, 4) is 0 Å². The molecule has 3 aromatic carbocycles. The van der Waals surface area contributed by atoms with Crippen molar-refractivity contribution in [2.24, 2.45) is 5.92 Å². The average molecular weight is 553 g/mol. The van der Waals surface area contributed by atoms with Crippen LogP contribution < -0.4 is 5.32 Å². The van der Waals surface area contributed by atoms with Gasteiger partial charge in [0.25, 0.3) is 5.91 Å². The van der Waals surface area contributed by atoms with E-state index < -0.39 is 6.29 Å². The zero-order valence-electron chi connectivity index (χ0n) is 23.3. The normalized spacial score (nSPS) is 23.4. The molecular weight excluding hydrogens is 516 g/mol. The summed E-state index contributed by atoms with van der Waals surface area (Å²) in [7, 11) is 0. The van der Waals surface area contributed by atoms with E-state index in [4.69, 9.17) is 9.47 Å². The lowest BCUT2D eigenvalue weighted by atomic mass is 9.89. The number of aliphatic hydroxyl groups is 1. The predicted octanol–water partition coefficient (Wildman–Crippen LogP) is 5.65. The third-order valence-corrected chi connectivity index (χ3v) is 8.13. The number of aliphatic hydroxyl groups excluding tert-OH is 1.